The minimum Gasteiger partial charge on any atom is -0.352 e. The molecule has 3 rings (SSSR count). The molecule has 142 valence electrons. The molecule has 0 fully saturated rings. The molecule has 2 N–H and O–H groups in total. The van der Waals surface area contributed by atoms with Crippen molar-refractivity contribution >= 4 is 29.9 Å². The number of halogens is 1. The lowest BCUT2D eigenvalue weighted by molar-refractivity contribution is 0.802. The van der Waals surface area contributed by atoms with Crippen molar-refractivity contribution in [1.82, 2.24) is 25.4 Å². The lowest BCUT2D eigenvalue weighted by atomic mass is 10.1. The Bertz CT molecular complexity index is 843. The number of aryl methyl sites for hydroxylation is 1. The van der Waals surface area contributed by atoms with Crippen molar-refractivity contribution in [2.45, 2.75) is 26.4 Å². The molecule has 0 aliphatic carbocycles. The highest BCUT2D eigenvalue weighted by Crippen LogP contribution is 2.09. The average Bonchev–Trinajstić information content (AvgIpc) is 3.23. The van der Waals surface area contributed by atoms with Crippen LogP contribution in [0.25, 0.3) is 5.69 Å². The molecule has 0 spiro atoms. The van der Waals surface area contributed by atoms with E-state index in [4.69, 9.17) is 0 Å². The maximum Gasteiger partial charge on any atom is 0.191 e. The van der Waals surface area contributed by atoms with E-state index in [1.807, 2.05) is 12.1 Å². The summed E-state index contributed by atoms with van der Waals surface area (Å²) in [5.74, 6) is 0.788. The van der Waals surface area contributed by atoms with Gasteiger partial charge in [-0.05, 0) is 35.2 Å². The van der Waals surface area contributed by atoms with Crippen LogP contribution in [0.1, 0.15) is 23.6 Å². The lowest BCUT2D eigenvalue weighted by Gasteiger charge is -2.14. The third kappa shape index (κ3) is 5.78. The Morgan fingerprint density at radius 2 is 1.70 bits per heavy atom. The van der Waals surface area contributed by atoms with E-state index in [2.05, 4.69) is 69.0 Å². The minimum absolute atomic E-state index is 0. The van der Waals surface area contributed by atoms with Crippen molar-refractivity contribution < 1.29 is 0 Å². The van der Waals surface area contributed by atoms with Gasteiger partial charge in [-0.3, -0.25) is 4.99 Å². The summed E-state index contributed by atoms with van der Waals surface area (Å²) in [4.78, 5) is 8.27. The molecular formula is C20H25IN6. The highest BCUT2D eigenvalue weighted by atomic mass is 127. The zero-order valence-corrected chi connectivity index (χ0v) is 17.9. The zero-order valence-electron chi connectivity index (χ0n) is 15.6. The largest absolute Gasteiger partial charge is 0.352 e. The molecule has 27 heavy (non-hydrogen) atoms. The van der Waals surface area contributed by atoms with Crippen molar-refractivity contribution in [1.29, 1.82) is 0 Å². The van der Waals surface area contributed by atoms with Crippen LogP contribution < -0.4 is 10.6 Å². The number of rotatable bonds is 6. The Morgan fingerprint density at radius 1 is 1.00 bits per heavy atom. The van der Waals surface area contributed by atoms with Gasteiger partial charge >= 0.3 is 0 Å². The number of aliphatic imine (C=N–C) groups is 1. The van der Waals surface area contributed by atoms with Crippen molar-refractivity contribution in [2.75, 3.05) is 7.05 Å². The molecule has 0 amide bonds. The van der Waals surface area contributed by atoms with Crippen molar-refractivity contribution in [2.24, 2.45) is 4.99 Å². The molecule has 1 heterocycles. The third-order valence-electron chi connectivity index (χ3n) is 4.25. The number of hydrogen-bond donors (Lipinski definition) is 2. The van der Waals surface area contributed by atoms with Crippen molar-refractivity contribution in [3.05, 3.63) is 77.9 Å². The number of nitrogens with zero attached hydrogens (tertiary/aromatic N) is 4. The summed E-state index contributed by atoms with van der Waals surface area (Å²) in [5.41, 5.74) is 4.82. The topological polar surface area (TPSA) is 67.1 Å². The molecule has 0 saturated carbocycles. The molecule has 7 heteroatoms. The summed E-state index contributed by atoms with van der Waals surface area (Å²) >= 11 is 0. The molecule has 2 aromatic carbocycles. The van der Waals surface area contributed by atoms with E-state index in [1.165, 1.54) is 23.0 Å². The van der Waals surface area contributed by atoms with Gasteiger partial charge in [-0.15, -0.1) is 24.0 Å². The van der Waals surface area contributed by atoms with Crippen LogP contribution in [0.15, 0.2) is 66.2 Å². The normalized spacial score (nSPS) is 11.0. The zero-order chi connectivity index (χ0) is 18.2. The number of nitrogens with one attached hydrogen (secondary N) is 2. The smallest absolute Gasteiger partial charge is 0.191 e. The first kappa shape index (κ1) is 20.9. The summed E-state index contributed by atoms with van der Waals surface area (Å²) in [6, 6.07) is 16.7. The fourth-order valence-corrected chi connectivity index (χ4v) is 2.77. The molecule has 0 unspecified atom stereocenters. The quantitative estimate of drug-likeness (QED) is 0.326. The molecule has 6 nitrogen and oxygen atoms in total. The molecule has 0 aliphatic rings. The van der Waals surface area contributed by atoms with Gasteiger partial charge in [-0.25, -0.2) is 9.67 Å². The number of hydrogen-bond acceptors (Lipinski definition) is 3. The Kier molecular flexibility index (Phi) is 8.25. The Labute approximate surface area is 177 Å². The highest BCUT2D eigenvalue weighted by molar-refractivity contribution is 14.0. The number of guanidine groups is 1. The van der Waals surface area contributed by atoms with Crippen LogP contribution >= 0.6 is 24.0 Å². The van der Waals surface area contributed by atoms with Crippen LogP contribution in [0, 0.1) is 0 Å². The average molecular weight is 476 g/mol. The van der Waals surface area contributed by atoms with E-state index in [9.17, 15) is 0 Å². The molecule has 0 atom stereocenters. The van der Waals surface area contributed by atoms with Gasteiger partial charge < -0.3 is 10.6 Å². The maximum atomic E-state index is 4.30. The summed E-state index contributed by atoms with van der Waals surface area (Å²) in [5, 5.41) is 10.9. The molecule has 3 aromatic rings. The molecule has 0 aliphatic heterocycles. The predicted octanol–water partition coefficient (Wildman–Crippen LogP) is 3.31. The molecule has 0 radical (unpaired) electrons. The summed E-state index contributed by atoms with van der Waals surface area (Å²) < 4.78 is 1.74. The molecule has 0 saturated heterocycles. The van der Waals surface area contributed by atoms with Crippen molar-refractivity contribution in [3.8, 4) is 5.69 Å². The van der Waals surface area contributed by atoms with Gasteiger partial charge in [0.25, 0.3) is 0 Å². The van der Waals surface area contributed by atoms with E-state index in [0.717, 1.165) is 24.6 Å². The molecular weight excluding hydrogens is 451 g/mol. The van der Waals surface area contributed by atoms with Gasteiger partial charge in [-0.2, -0.15) is 5.10 Å². The van der Waals surface area contributed by atoms with Crippen LogP contribution in [0.4, 0.5) is 0 Å². The van der Waals surface area contributed by atoms with Gasteiger partial charge in [0.1, 0.15) is 12.7 Å². The Morgan fingerprint density at radius 3 is 2.33 bits per heavy atom. The first-order valence-corrected chi connectivity index (χ1v) is 8.75. The summed E-state index contributed by atoms with van der Waals surface area (Å²) in [6.45, 7) is 3.64. The van der Waals surface area contributed by atoms with Crippen molar-refractivity contribution in [3.63, 3.8) is 0 Å². The third-order valence-corrected chi connectivity index (χ3v) is 4.25. The van der Waals surface area contributed by atoms with E-state index in [0.29, 0.717) is 6.54 Å². The van der Waals surface area contributed by atoms with Crippen LogP contribution in [0.3, 0.4) is 0 Å². The summed E-state index contributed by atoms with van der Waals surface area (Å²) in [6.07, 6.45) is 4.25. The summed E-state index contributed by atoms with van der Waals surface area (Å²) in [7, 11) is 1.79. The number of benzene rings is 2. The van der Waals surface area contributed by atoms with Gasteiger partial charge in [0.15, 0.2) is 5.96 Å². The van der Waals surface area contributed by atoms with Gasteiger partial charge in [0, 0.05) is 20.1 Å². The Hall–Kier alpha value is -2.42. The van der Waals surface area contributed by atoms with Crippen LogP contribution in [-0.4, -0.2) is 27.8 Å². The molecule has 0 bridgehead atoms. The second-order valence-corrected chi connectivity index (χ2v) is 5.91. The first-order valence-electron chi connectivity index (χ1n) is 8.75. The fraction of sp³-hybridized carbons (Fsp3) is 0.250. The van der Waals surface area contributed by atoms with E-state index >= 15 is 0 Å². The van der Waals surface area contributed by atoms with Crippen LogP contribution in [0.2, 0.25) is 0 Å². The van der Waals surface area contributed by atoms with E-state index in [1.54, 1.807) is 18.1 Å². The van der Waals surface area contributed by atoms with Crippen LogP contribution in [-0.2, 0) is 19.5 Å². The Balaban J connectivity index is 0.00000261. The second kappa shape index (κ2) is 10.7. The maximum absolute atomic E-state index is 4.30. The van der Waals surface area contributed by atoms with E-state index in [-0.39, 0.29) is 24.0 Å². The number of aromatic nitrogens is 3. The fourth-order valence-electron chi connectivity index (χ4n) is 2.77. The SMILES string of the molecule is CCc1ccccc1CNC(=NC)NCc1ccc(-n2cncn2)cc1.I. The predicted molar refractivity (Wildman–Crippen MR) is 120 cm³/mol. The second-order valence-electron chi connectivity index (χ2n) is 5.91. The van der Waals surface area contributed by atoms with Gasteiger partial charge in [0.05, 0.1) is 5.69 Å². The standard InChI is InChI=1S/C20H24N6.HI/c1-3-17-6-4-5-7-18(17)13-24-20(21-2)23-12-16-8-10-19(11-9-16)26-15-22-14-25-26;/h4-11,14-15H,3,12-13H2,1-2H3,(H2,21,23,24);1H. The highest BCUT2D eigenvalue weighted by Gasteiger charge is 2.03. The molecule has 1 aromatic heterocycles. The monoisotopic (exact) mass is 476 g/mol. The van der Waals surface area contributed by atoms with Gasteiger partial charge in [-0.1, -0.05) is 43.3 Å². The minimum atomic E-state index is 0. The van der Waals surface area contributed by atoms with Gasteiger partial charge in [0.2, 0.25) is 0 Å². The van der Waals surface area contributed by atoms with E-state index < -0.39 is 0 Å². The first-order chi connectivity index (χ1) is 12.8. The van der Waals surface area contributed by atoms with Crippen LogP contribution in [0.5, 0.6) is 0 Å². The lowest BCUT2D eigenvalue weighted by Crippen LogP contribution is -2.36.